The van der Waals surface area contributed by atoms with E-state index in [1.807, 2.05) is 0 Å². The summed E-state index contributed by atoms with van der Waals surface area (Å²) in [5.41, 5.74) is 0.684. The number of sulfonamides is 1. The molecule has 2 fully saturated rings. The van der Waals surface area contributed by atoms with Gasteiger partial charge in [-0.05, 0) is 48.7 Å². The Bertz CT molecular complexity index is 1100. The number of nitriles is 1. The van der Waals surface area contributed by atoms with Gasteiger partial charge < -0.3 is 0 Å². The maximum atomic E-state index is 13.7. The average molecular weight is 511 g/mol. The van der Waals surface area contributed by atoms with Gasteiger partial charge >= 0.3 is 0 Å². The molecule has 1 saturated heterocycles. The van der Waals surface area contributed by atoms with E-state index in [1.165, 1.54) is 37.4 Å². The van der Waals surface area contributed by atoms with Gasteiger partial charge in [0.25, 0.3) is 0 Å². The number of piperazine rings is 1. The van der Waals surface area contributed by atoms with E-state index in [0.717, 1.165) is 18.0 Å². The lowest BCUT2D eigenvalue weighted by atomic mass is 10.2. The van der Waals surface area contributed by atoms with E-state index in [2.05, 4.69) is 11.0 Å². The first kappa shape index (κ1) is 23.9. The van der Waals surface area contributed by atoms with E-state index in [-0.39, 0.29) is 11.3 Å². The number of halogens is 2. The van der Waals surface area contributed by atoms with Gasteiger partial charge in [0.05, 0.1) is 17.4 Å². The van der Waals surface area contributed by atoms with Crippen molar-refractivity contribution >= 4 is 45.0 Å². The molecule has 0 bridgehead atoms. The van der Waals surface area contributed by atoms with Crippen LogP contribution < -0.4 is 0 Å². The molecule has 5 nitrogen and oxygen atoms in total. The van der Waals surface area contributed by atoms with Crippen LogP contribution >= 0.6 is 35.0 Å². The zero-order valence-electron chi connectivity index (χ0n) is 17.6. The number of nitrogens with zero attached hydrogens (tertiary/aromatic N) is 3. The molecule has 0 spiro atoms. The number of hydrogen-bond acceptors (Lipinski definition) is 5. The molecule has 170 valence electrons. The third kappa shape index (κ3) is 5.44. The Hall–Kier alpha value is -1.27. The molecule has 0 aromatic heterocycles. The van der Waals surface area contributed by atoms with Gasteiger partial charge in [-0.15, -0.1) is 0 Å². The summed E-state index contributed by atoms with van der Waals surface area (Å²) in [5, 5.41) is 10.1. The number of rotatable bonds is 6. The Morgan fingerprint density at radius 2 is 1.66 bits per heavy atom. The molecule has 2 aliphatic rings. The number of hydrogen-bond donors (Lipinski definition) is 0. The number of benzene rings is 2. The van der Waals surface area contributed by atoms with Crippen LogP contribution in [-0.4, -0.2) is 49.8 Å². The highest BCUT2D eigenvalue weighted by Gasteiger charge is 2.33. The van der Waals surface area contributed by atoms with E-state index in [9.17, 15) is 8.42 Å². The highest BCUT2D eigenvalue weighted by molar-refractivity contribution is 8.00. The van der Waals surface area contributed by atoms with Crippen LogP contribution in [0.5, 0.6) is 0 Å². The summed E-state index contributed by atoms with van der Waals surface area (Å²) in [6.07, 6.45) is 5.12. The maximum Gasteiger partial charge on any atom is 0.244 e. The van der Waals surface area contributed by atoms with Gasteiger partial charge in [-0.1, -0.05) is 53.9 Å². The summed E-state index contributed by atoms with van der Waals surface area (Å²) in [6, 6.07) is 13.1. The predicted octanol–water partition coefficient (Wildman–Crippen LogP) is 5.46. The van der Waals surface area contributed by atoms with E-state index in [0.29, 0.717) is 39.6 Å². The highest BCUT2D eigenvalue weighted by atomic mass is 35.5. The predicted molar refractivity (Wildman–Crippen MR) is 129 cm³/mol. The van der Waals surface area contributed by atoms with E-state index < -0.39 is 10.0 Å². The molecule has 1 aliphatic carbocycles. The molecule has 1 aliphatic heterocycles. The second-order valence-corrected chi connectivity index (χ2v) is 12.1. The topological polar surface area (TPSA) is 64.4 Å². The normalized spacial score (nSPS) is 18.7. The summed E-state index contributed by atoms with van der Waals surface area (Å²) in [6.45, 7) is 2.48. The lowest BCUT2D eigenvalue weighted by Crippen LogP contribution is -2.51. The van der Waals surface area contributed by atoms with Crippen LogP contribution in [0, 0.1) is 11.3 Å². The van der Waals surface area contributed by atoms with Crippen molar-refractivity contribution in [1.29, 1.82) is 5.26 Å². The Labute approximate surface area is 204 Å². The summed E-state index contributed by atoms with van der Waals surface area (Å²) in [4.78, 5) is 4.04. The molecule has 4 rings (SSSR count). The first-order chi connectivity index (χ1) is 15.4. The average Bonchev–Trinajstić information content (AvgIpc) is 3.29. The molecule has 1 saturated carbocycles. The largest absolute Gasteiger partial charge is 0.298 e. The van der Waals surface area contributed by atoms with Crippen molar-refractivity contribution in [3.8, 4) is 6.07 Å². The van der Waals surface area contributed by atoms with Gasteiger partial charge in [-0.25, -0.2) is 8.42 Å². The van der Waals surface area contributed by atoms with Gasteiger partial charge in [0.15, 0.2) is 0 Å². The molecule has 32 heavy (non-hydrogen) atoms. The molecule has 0 N–H and O–H groups in total. The van der Waals surface area contributed by atoms with E-state index >= 15 is 0 Å². The fourth-order valence-corrected chi connectivity index (χ4v) is 8.03. The third-order valence-corrected chi connectivity index (χ3v) is 9.64. The molecule has 9 heteroatoms. The quantitative estimate of drug-likeness (QED) is 0.517. The zero-order chi connectivity index (χ0) is 22.7. The van der Waals surface area contributed by atoms with Crippen LogP contribution in [0.15, 0.2) is 51.1 Å². The van der Waals surface area contributed by atoms with Crippen LogP contribution in [0.3, 0.4) is 0 Å². The SMILES string of the molecule is N#CCc1ccc(Sc2cc(Cl)cc(Cl)c2)c(S(=O)(=O)N2CCN(C3CCCC3)CC2)c1. The molecule has 1 heterocycles. The van der Waals surface area contributed by atoms with Crippen molar-refractivity contribution in [2.24, 2.45) is 0 Å². The summed E-state index contributed by atoms with van der Waals surface area (Å²) < 4.78 is 28.9. The molecule has 0 atom stereocenters. The lowest BCUT2D eigenvalue weighted by molar-refractivity contribution is 0.139. The van der Waals surface area contributed by atoms with Crippen molar-refractivity contribution in [2.75, 3.05) is 26.2 Å². The van der Waals surface area contributed by atoms with Crippen molar-refractivity contribution in [1.82, 2.24) is 9.21 Å². The van der Waals surface area contributed by atoms with Gasteiger partial charge in [-0.2, -0.15) is 9.57 Å². The van der Waals surface area contributed by atoms with Crippen molar-refractivity contribution < 1.29 is 8.42 Å². The second-order valence-electron chi connectivity index (χ2n) is 8.20. The van der Waals surface area contributed by atoms with Crippen molar-refractivity contribution in [3.05, 3.63) is 52.0 Å². The molecular weight excluding hydrogens is 485 g/mol. The van der Waals surface area contributed by atoms with Crippen molar-refractivity contribution in [2.45, 2.75) is 52.8 Å². The van der Waals surface area contributed by atoms with Crippen molar-refractivity contribution in [3.63, 3.8) is 0 Å². The summed E-state index contributed by atoms with van der Waals surface area (Å²) >= 11 is 13.6. The minimum absolute atomic E-state index is 0.159. The summed E-state index contributed by atoms with van der Waals surface area (Å²) in [5.74, 6) is 0. The molecule has 0 amide bonds. The molecule has 0 unspecified atom stereocenters. The first-order valence-electron chi connectivity index (χ1n) is 10.7. The van der Waals surface area contributed by atoms with Crippen LogP contribution in [0.1, 0.15) is 31.2 Å². The molecule has 0 radical (unpaired) electrons. The molecular formula is C23H25Cl2N3O2S2. The smallest absolute Gasteiger partial charge is 0.244 e. The van der Waals surface area contributed by atoms with Crippen LogP contribution in [0.4, 0.5) is 0 Å². The Balaban J connectivity index is 1.61. The van der Waals surface area contributed by atoms with Crippen LogP contribution in [0.25, 0.3) is 0 Å². The fraction of sp³-hybridized carbons (Fsp3) is 0.435. The van der Waals surface area contributed by atoms with Crippen LogP contribution in [-0.2, 0) is 16.4 Å². The first-order valence-corrected chi connectivity index (χ1v) is 13.8. The standard InChI is InChI=1S/C23H25Cl2N3O2S2/c24-18-14-19(25)16-21(15-18)31-22-6-5-17(7-8-26)13-23(22)32(29,30)28-11-9-27(10-12-28)20-3-1-2-4-20/h5-6,13-16,20H,1-4,7,9-12H2. The Morgan fingerprint density at radius 1 is 1.00 bits per heavy atom. The monoisotopic (exact) mass is 509 g/mol. The fourth-order valence-electron chi connectivity index (χ4n) is 4.47. The summed E-state index contributed by atoms with van der Waals surface area (Å²) in [7, 11) is -3.71. The zero-order valence-corrected chi connectivity index (χ0v) is 20.8. The Morgan fingerprint density at radius 3 is 2.28 bits per heavy atom. The van der Waals surface area contributed by atoms with E-state index in [4.69, 9.17) is 28.5 Å². The van der Waals surface area contributed by atoms with Gasteiger partial charge in [0.2, 0.25) is 10.0 Å². The molecule has 2 aromatic carbocycles. The minimum Gasteiger partial charge on any atom is -0.298 e. The van der Waals surface area contributed by atoms with Gasteiger partial charge in [-0.3, -0.25) is 4.90 Å². The maximum absolute atomic E-state index is 13.7. The lowest BCUT2D eigenvalue weighted by Gasteiger charge is -2.37. The third-order valence-electron chi connectivity index (χ3n) is 6.09. The Kier molecular flexibility index (Phi) is 7.71. The van der Waals surface area contributed by atoms with Gasteiger partial charge in [0, 0.05) is 52.1 Å². The van der Waals surface area contributed by atoms with Crippen LogP contribution in [0.2, 0.25) is 10.0 Å². The minimum atomic E-state index is -3.71. The van der Waals surface area contributed by atoms with E-state index in [1.54, 1.807) is 40.7 Å². The molecule has 2 aromatic rings. The highest BCUT2D eigenvalue weighted by Crippen LogP contribution is 2.37. The van der Waals surface area contributed by atoms with Gasteiger partial charge in [0.1, 0.15) is 0 Å². The second kappa shape index (κ2) is 10.3.